The van der Waals surface area contributed by atoms with Gasteiger partial charge in [-0.25, -0.2) is 9.67 Å². The van der Waals surface area contributed by atoms with Crippen molar-refractivity contribution in [3.8, 4) is 10.6 Å². The number of nitro groups is 1. The zero-order chi connectivity index (χ0) is 22.1. The maximum Gasteiger partial charge on any atom is 0.280 e. The molecule has 13 heteroatoms. The molecule has 4 aromatic heterocycles. The topological polar surface area (TPSA) is 157 Å². The third-order valence-electron chi connectivity index (χ3n) is 4.98. The minimum atomic E-state index is -0.458. The molecule has 1 saturated heterocycles. The molecule has 5 rings (SSSR count). The molecule has 1 fully saturated rings. The number of anilines is 1. The van der Waals surface area contributed by atoms with E-state index in [1.54, 1.807) is 10.9 Å². The largest absolute Gasteiger partial charge is 0.379 e. The molecular weight excluding hydrogens is 436 g/mol. The molecule has 0 aliphatic carbocycles. The number of hydrogen-bond acceptors (Lipinski definition) is 11. The van der Waals surface area contributed by atoms with Gasteiger partial charge in [0, 0.05) is 18.9 Å². The summed E-state index contributed by atoms with van der Waals surface area (Å²) in [5.74, 6) is 0.0310. The second-order valence-corrected chi connectivity index (χ2v) is 8.14. The third-order valence-corrected chi connectivity index (χ3v) is 5.91. The standard InChI is InChI=1S/C19H18N8O4S/c20-19-22-16(15-5-13(10-32-15)27(28)29)17-18(23-19)26(25-24-17)7-12-2-1-11(6-21-12)8-31-14-3-4-30-9-14/h1-2,5-6,10,14H,3-4,7-9H2,(H2,20,22,23). The SMILES string of the molecule is Nc1nc(-c2cc([N+](=O)[O-])cs2)c2nnn(Cc3ccc(COC4CCOC4)cn3)c2n1. The number of thiophene rings is 1. The fraction of sp³-hybridized carbons (Fsp3) is 0.316. The number of pyridine rings is 1. The van der Waals surface area contributed by atoms with Crippen molar-refractivity contribution in [2.24, 2.45) is 0 Å². The van der Waals surface area contributed by atoms with Gasteiger partial charge in [-0.3, -0.25) is 15.1 Å². The van der Waals surface area contributed by atoms with Crippen molar-refractivity contribution in [1.82, 2.24) is 29.9 Å². The van der Waals surface area contributed by atoms with Crippen LogP contribution in [0, 0.1) is 10.1 Å². The molecule has 32 heavy (non-hydrogen) atoms. The summed E-state index contributed by atoms with van der Waals surface area (Å²) in [6.07, 6.45) is 2.82. The lowest BCUT2D eigenvalue weighted by Crippen LogP contribution is -2.12. The average Bonchev–Trinajstić information content (AvgIpc) is 3.54. The Hall–Kier alpha value is -3.55. The fourth-order valence-electron chi connectivity index (χ4n) is 3.34. The summed E-state index contributed by atoms with van der Waals surface area (Å²) in [5, 5.41) is 20.8. The first kappa shape index (κ1) is 20.4. The molecule has 1 aliphatic rings. The molecule has 0 radical (unpaired) electrons. The van der Waals surface area contributed by atoms with Crippen LogP contribution in [0.4, 0.5) is 11.6 Å². The Kier molecular flexibility index (Phi) is 5.43. The van der Waals surface area contributed by atoms with Crippen LogP contribution in [0.1, 0.15) is 17.7 Å². The van der Waals surface area contributed by atoms with Crippen LogP contribution >= 0.6 is 11.3 Å². The summed E-state index contributed by atoms with van der Waals surface area (Å²) >= 11 is 1.19. The van der Waals surface area contributed by atoms with E-state index >= 15 is 0 Å². The van der Waals surface area contributed by atoms with E-state index in [1.165, 1.54) is 22.8 Å². The van der Waals surface area contributed by atoms with Gasteiger partial charge in [0.25, 0.3) is 5.69 Å². The van der Waals surface area contributed by atoms with Gasteiger partial charge in [-0.15, -0.1) is 16.4 Å². The van der Waals surface area contributed by atoms with Crippen molar-refractivity contribution in [3.05, 3.63) is 51.1 Å². The number of fused-ring (bicyclic) bond motifs is 1. The van der Waals surface area contributed by atoms with Crippen molar-refractivity contribution < 1.29 is 14.4 Å². The summed E-state index contributed by atoms with van der Waals surface area (Å²) in [6.45, 7) is 2.19. The first-order valence-corrected chi connectivity index (χ1v) is 10.7. The van der Waals surface area contributed by atoms with E-state index in [9.17, 15) is 10.1 Å². The number of nitrogen functional groups attached to an aromatic ring is 1. The quantitative estimate of drug-likeness (QED) is 0.324. The maximum atomic E-state index is 11.0. The Labute approximate surface area is 185 Å². The van der Waals surface area contributed by atoms with Gasteiger partial charge in [0.2, 0.25) is 5.95 Å². The Morgan fingerprint density at radius 1 is 1.38 bits per heavy atom. The van der Waals surface area contributed by atoms with Gasteiger partial charge in [-0.2, -0.15) is 4.98 Å². The van der Waals surface area contributed by atoms with Gasteiger partial charge in [0.15, 0.2) is 11.2 Å². The lowest BCUT2D eigenvalue weighted by Gasteiger charge is -2.10. The van der Waals surface area contributed by atoms with Gasteiger partial charge >= 0.3 is 0 Å². The van der Waals surface area contributed by atoms with Crippen LogP contribution in [-0.4, -0.2) is 54.2 Å². The van der Waals surface area contributed by atoms with Crippen LogP contribution in [0.15, 0.2) is 29.8 Å². The first-order valence-electron chi connectivity index (χ1n) is 9.80. The second kappa shape index (κ2) is 8.53. The molecule has 5 heterocycles. The number of ether oxygens (including phenoxy) is 2. The number of rotatable bonds is 7. The zero-order valence-electron chi connectivity index (χ0n) is 16.7. The van der Waals surface area contributed by atoms with Crippen LogP contribution in [0.2, 0.25) is 0 Å². The third kappa shape index (κ3) is 4.12. The highest BCUT2D eigenvalue weighted by molar-refractivity contribution is 7.14. The normalized spacial score (nSPS) is 16.1. The number of aromatic nitrogens is 6. The van der Waals surface area contributed by atoms with E-state index in [0.29, 0.717) is 41.5 Å². The highest BCUT2D eigenvalue weighted by Gasteiger charge is 2.20. The second-order valence-electron chi connectivity index (χ2n) is 7.23. The van der Waals surface area contributed by atoms with Crippen molar-refractivity contribution in [2.75, 3.05) is 18.9 Å². The summed E-state index contributed by atoms with van der Waals surface area (Å²) in [6, 6.07) is 5.28. The predicted octanol–water partition coefficient (Wildman–Crippen LogP) is 2.19. The lowest BCUT2D eigenvalue weighted by atomic mass is 10.2. The molecule has 1 aliphatic heterocycles. The summed E-state index contributed by atoms with van der Waals surface area (Å²) < 4.78 is 12.7. The molecule has 0 saturated carbocycles. The van der Waals surface area contributed by atoms with Gasteiger partial charge in [-0.1, -0.05) is 11.3 Å². The molecular formula is C19H18N8O4S. The van der Waals surface area contributed by atoms with E-state index < -0.39 is 4.92 Å². The van der Waals surface area contributed by atoms with E-state index in [2.05, 4.69) is 25.3 Å². The van der Waals surface area contributed by atoms with E-state index in [-0.39, 0.29) is 17.7 Å². The molecule has 0 amide bonds. The maximum absolute atomic E-state index is 11.0. The number of hydrogen-bond donors (Lipinski definition) is 1. The molecule has 0 bridgehead atoms. The molecule has 12 nitrogen and oxygen atoms in total. The Morgan fingerprint density at radius 2 is 2.28 bits per heavy atom. The van der Waals surface area contributed by atoms with Gasteiger partial charge in [-0.05, 0) is 18.1 Å². The molecule has 164 valence electrons. The summed E-state index contributed by atoms with van der Waals surface area (Å²) in [5.41, 5.74) is 8.86. The van der Waals surface area contributed by atoms with Crippen LogP contribution in [-0.2, 0) is 22.6 Å². The van der Waals surface area contributed by atoms with Crippen molar-refractivity contribution in [1.29, 1.82) is 0 Å². The smallest absolute Gasteiger partial charge is 0.280 e. The van der Waals surface area contributed by atoms with Crippen LogP contribution in [0.25, 0.3) is 21.7 Å². The zero-order valence-corrected chi connectivity index (χ0v) is 17.6. The van der Waals surface area contributed by atoms with Crippen LogP contribution < -0.4 is 5.73 Å². The molecule has 1 unspecified atom stereocenters. The van der Waals surface area contributed by atoms with Crippen LogP contribution in [0.5, 0.6) is 0 Å². The lowest BCUT2D eigenvalue weighted by molar-refractivity contribution is -0.384. The Morgan fingerprint density at radius 3 is 3.00 bits per heavy atom. The monoisotopic (exact) mass is 454 g/mol. The molecule has 0 spiro atoms. The molecule has 4 aromatic rings. The highest BCUT2D eigenvalue weighted by atomic mass is 32.1. The summed E-state index contributed by atoms with van der Waals surface area (Å²) in [4.78, 5) is 24.1. The minimum absolute atomic E-state index is 0.0172. The first-order chi connectivity index (χ1) is 15.6. The average molecular weight is 454 g/mol. The molecule has 0 aromatic carbocycles. The van der Waals surface area contributed by atoms with Crippen molar-refractivity contribution in [2.45, 2.75) is 25.7 Å². The van der Waals surface area contributed by atoms with E-state index in [0.717, 1.165) is 24.3 Å². The van der Waals surface area contributed by atoms with Gasteiger partial charge < -0.3 is 15.2 Å². The Bertz CT molecular complexity index is 1270. The predicted molar refractivity (Wildman–Crippen MR) is 115 cm³/mol. The van der Waals surface area contributed by atoms with Gasteiger partial charge in [0.1, 0.15) is 5.69 Å². The fourth-order valence-corrected chi connectivity index (χ4v) is 4.19. The van der Waals surface area contributed by atoms with Crippen molar-refractivity contribution in [3.63, 3.8) is 0 Å². The van der Waals surface area contributed by atoms with Gasteiger partial charge in [0.05, 0.1) is 46.7 Å². The number of nitrogens with zero attached hydrogens (tertiary/aromatic N) is 7. The molecule has 2 N–H and O–H groups in total. The van der Waals surface area contributed by atoms with Crippen LogP contribution in [0.3, 0.4) is 0 Å². The summed E-state index contributed by atoms with van der Waals surface area (Å²) in [7, 11) is 0. The van der Waals surface area contributed by atoms with E-state index in [4.69, 9.17) is 15.2 Å². The van der Waals surface area contributed by atoms with Crippen molar-refractivity contribution >= 4 is 34.1 Å². The van der Waals surface area contributed by atoms with E-state index in [1.807, 2.05) is 12.1 Å². The minimum Gasteiger partial charge on any atom is -0.379 e. The molecule has 1 atom stereocenters. The highest BCUT2D eigenvalue weighted by Crippen LogP contribution is 2.33. The Balaban J connectivity index is 1.36. The number of nitrogens with two attached hydrogens (primary N) is 1.